The number of hydrogen-bond donors (Lipinski definition) is 1. The van der Waals surface area contributed by atoms with Crippen molar-refractivity contribution < 1.29 is 14.7 Å². The fourth-order valence-corrected chi connectivity index (χ4v) is 4.42. The summed E-state index contributed by atoms with van der Waals surface area (Å²) in [5, 5.41) is 9.34. The molecule has 1 saturated carbocycles. The predicted molar refractivity (Wildman–Crippen MR) is 78.8 cm³/mol. The van der Waals surface area contributed by atoms with Crippen molar-refractivity contribution in [2.45, 2.75) is 45.1 Å². The van der Waals surface area contributed by atoms with Gasteiger partial charge in [0.2, 0.25) is 5.91 Å². The molecule has 3 fully saturated rings. The Kier molecular flexibility index (Phi) is 4.20. The van der Waals surface area contributed by atoms with E-state index in [9.17, 15) is 14.7 Å². The Morgan fingerprint density at radius 1 is 1.05 bits per heavy atom. The van der Waals surface area contributed by atoms with Crippen molar-refractivity contribution in [3.05, 3.63) is 0 Å². The highest BCUT2D eigenvalue weighted by molar-refractivity contribution is 5.85. The fourth-order valence-electron chi connectivity index (χ4n) is 4.42. The molecule has 0 radical (unpaired) electrons. The Morgan fingerprint density at radius 2 is 1.71 bits per heavy atom. The second kappa shape index (κ2) is 5.95. The summed E-state index contributed by atoms with van der Waals surface area (Å²) in [5.41, 5.74) is 0. The first kappa shape index (κ1) is 14.8. The topological polar surface area (TPSA) is 60.9 Å². The average molecular weight is 294 g/mol. The van der Waals surface area contributed by atoms with Crippen LogP contribution in [0.3, 0.4) is 0 Å². The van der Waals surface area contributed by atoms with Crippen molar-refractivity contribution in [1.82, 2.24) is 9.80 Å². The van der Waals surface area contributed by atoms with Crippen LogP contribution in [0.15, 0.2) is 0 Å². The molecule has 2 saturated heterocycles. The van der Waals surface area contributed by atoms with E-state index in [0.29, 0.717) is 18.4 Å². The van der Waals surface area contributed by atoms with Crippen molar-refractivity contribution in [3.8, 4) is 0 Å². The van der Waals surface area contributed by atoms with Crippen LogP contribution in [0.5, 0.6) is 0 Å². The molecule has 0 aromatic heterocycles. The van der Waals surface area contributed by atoms with Crippen LogP contribution in [0.4, 0.5) is 0 Å². The van der Waals surface area contributed by atoms with E-state index in [0.717, 1.165) is 39.0 Å². The summed E-state index contributed by atoms with van der Waals surface area (Å²) >= 11 is 0. The lowest BCUT2D eigenvalue weighted by Gasteiger charge is -2.26. The molecule has 118 valence electrons. The Labute approximate surface area is 126 Å². The predicted octanol–water partition coefficient (Wildman–Crippen LogP) is 1.43. The molecule has 4 atom stereocenters. The van der Waals surface area contributed by atoms with Crippen LogP contribution in [-0.4, -0.2) is 59.0 Å². The molecule has 5 nitrogen and oxygen atoms in total. The number of carbonyl (C=O) groups is 2. The van der Waals surface area contributed by atoms with Gasteiger partial charge in [0.25, 0.3) is 0 Å². The van der Waals surface area contributed by atoms with Crippen LogP contribution < -0.4 is 0 Å². The molecule has 2 heterocycles. The van der Waals surface area contributed by atoms with E-state index in [1.54, 1.807) is 0 Å². The van der Waals surface area contributed by atoms with E-state index in [1.165, 1.54) is 12.8 Å². The Hall–Kier alpha value is -1.10. The molecule has 1 N–H and O–H groups in total. The van der Waals surface area contributed by atoms with Crippen molar-refractivity contribution >= 4 is 11.9 Å². The van der Waals surface area contributed by atoms with Gasteiger partial charge in [0, 0.05) is 19.1 Å². The maximum Gasteiger partial charge on any atom is 0.307 e. The van der Waals surface area contributed by atoms with E-state index >= 15 is 0 Å². The lowest BCUT2D eigenvalue weighted by atomic mass is 9.95. The molecule has 0 spiro atoms. The zero-order valence-electron chi connectivity index (χ0n) is 12.8. The third-order valence-electron chi connectivity index (χ3n) is 5.56. The van der Waals surface area contributed by atoms with E-state index in [-0.39, 0.29) is 11.8 Å². The van der Waals surface area contributed by atoms with Crippen molar-refractivity contribution in [2.75, 3.05) is 26.2 Å². The van der Waals surface area contributed by atoms with Gasteiger partial charge in [-0.05, 0) is 51.1 Å². The van der Waals surface area contributed by atoms with Crippen LogP contribution in [0.25, 0.3) is 0 Å². The lowest BCUT2D eigenvalue weighted by Crippen LogP contribution is -2.41. The minimum absolute atomic E-state index is 0.0912. The summed E-state index contributed by atoms with van der Waals surface area (Å²) in [6.07, 6.45) is 4.97. The monoisotopic (exact) mass is 294 g/mol. The van der Waals surface area contributed by atoms with Gasteiger partial charge in [-0.1, -0.05) is 6.92 Å². The minimum Gasteiger partial charge on any atom is -0.481 e. The zero-order chi connectivity index (χ0) is 15.0. The summed E-state index contributed by atoms with van der Waals surface area (Å²) in [6.45, 7) is 5.98. The van der Waals surface area contributed by atoms with Gasteiger partial charge in [0.05, 0.1) is 11.8 Å². The maximum atomic E-state index is 12.7. The van der Waals surface area contributed by atoms with E-state index in [2.05, 4.69) is 11.8 Å². The number of carboxylic acid groups (broad SMARTS) is 1. The molecule has 2 aliphatic heterocycles. The van der Waals surface area contributed by atoms with Crippen LogP contribution in [0, 0.1) is 17.8 Å². The molecular formula is C16H26N2O3. The molecule has 1 aliphatic carbocycles. The zero-order valence-corrected chi connectivity index (χ0v) is 12.8. The van der Waals surface area contributed by atoms with Gasteiger partial charge in [0.15, 0.2) is 0 Å². The van der Waals surface area contributed by atoms with Gasteiger partial charge >= 0.3 is 5.97 Å². The van der Waals surface area contributed by atoms with Gasteiger partial charge < -0.3 is 10.0 Å². The molecule has 3 rings (SSSR count). The van der Waals surface area contributed by atoms with Gasteiger partial charge in [-0.15, -0.1) is 0 Å². The number of carboxylic acids is 1. The third-order valence-corrected chi connectivity index (χ3v) is 5.56. The van der Waals surface area contributed by atoms with Crippen molar-refractivity contribution in [1.29, 1.82) is 0 Å². The van der Waals surface area contributed by atoms with Gasteiger partial charge in [0.1, 0.15) is 0 Å². The summed E-state index contributed by atoms with van der Waals surface area (Å²) in [6, 6.07) is 0.499. The normalized spacial score (nSPS) is 37.3. The molecule has 3 aliphatic rings. The first-order chi connectivity index (χ1) is 10.1. The number of nitrogens with zero attached hydrogens (tertiary/aromatic N) is 2. The third kappa shape index (κ3) is 2.93. The maximum absolute atomic E-state index is 12.7. The van der Waals surface area contributed by atoms with Crippen LogP contribution in [0.2, 0.25) is 0 Å². The number of likely N-dealkylation sites (tertiary alicyclic amines) is 2. The average Bonchev–Trinajstić information content (AvgIpc) is 3.17. The Bertz CT molecular complexity index is 420. The van der Waals surface area contributed by atoms with E-state index in [4.69, 9.17) is 0 Å². The number of carbonyl (C=O) groups excluding carboxylic acids is 1. The summed E-state index contributed by atoms with van der Waals surface area (Å²) in [4.78, 5) is 28.5. The number of aliphatic carboxylic acids is 1. The largest absolute Gasteiger partial charge is 0.481 e. The Balaban J connectivity index is 1.61. The molecule has 1 amide bonds. The van der Waals surface area contributed by atoms with E-state index in [1.807, 2.05) is 4.90 Å². The highest BCUT2D eigenvalue weighted by atomic mass is 16.4. The molecule has 2 unspecified atom stereocenters. The molecule has 5 heteroatoms. The highest BCUT2D eigenvalue weighted by Gasteiger charge is 2.44. The minimum atomic E-state index is -0.798. The van der Waals surface area contributed by atoms with Gasteiger partial charge in [-0.3, -0.25) is 14.5 Å². The van der Waals surface area contributed by atoms with Gasteiger partial charge in [-0.2, -0.15) is 0 Å². The SMILES string of the molecule is CC1C[C@H](C(=O)N2CCC(N3CCCC3)C2)[C@H](C(=O)O)C1. The summed E-state index contributed by atoms with van der Waals surface area (Å²) in [7, 11) is 0. The van der Waals surface area contributed by atoms with Crippen LogP contribution >= 0.6 is 0 Å². The Morgan fingerprint density at radius 3 is 2.38 bits per heavy atom. The quantitative estimate of drug-likeness (QED) is 0.855. The molecule has 0 bridgehead atoms. The highest BCUT2D eigenvalue weighted by Crippen LogP contribution is 2.38. The van der Waals surface area contributed by atoms with Crippen LogP contribution in [0.1, 0.15) is 39.0 Å². The first-order valence-corrected chi connectivity index (χ1v) is 8.32. The number of amides is 1. The fraction of sp³-hybridized carbons (Fsp3) is 0.875. The smallest absolute Gasteiger partial charge is 0.307 e. The molecular weight excluding hydrogens is 268 g/mol. The van der Waals surface area contributed by atoms with Crippen molar-refractivity contribution in [2.24, 2.45) is 17.8 Å². The summed E-state index contributed by atoms with van der Waals surface area (Å²) < 4.78 is 0. The van der Waals surface area contributed by atoms with Crippen LogP contribution in [-0.2, 0) is 9.59 Å². The second-order valence-corrected chi connectivity index (χ2v) is 7.10. The van der Waals surface area contributed by atoms with Crippen molar-refractivity contribution in [3.63, 3.8) is 0 Å². The molecule has 0 aromatic carbocycles. The standard InChI is InChI=1S/C16H26N2O3/c1-11-8-13(14(9-11)16(20)21)15(19)18-7-4-12(10-18)17-5-2-3-6-17/h11-14H,2-10H2,1H3,(H,20,21)/t11?,12?,13-,14+/m0/s1. The molecule has 0 aromatic rings. The first-order valence-electron chi connectivity index (χ1n) is 8.32. The lowest BCUT2D eigenvalue weighted by molar-refractivity contribution is -0.148. The number of rotatable bonds is 3. The van der Waals surface area contributed by atoms with E-state index < -0.39 is 11.9 Å². The van der Waals surface area contributed by atoms with Gasteiger partial charge in [-0.25, -0.2) is 0 Å². The summed E-state index contributed by atoms with van der Waals surface area (Å²) in [5.74, 6) is -1.13. The second-order valence-electron chi connectivity index (χ2n) is 7.10. The molecule has 21 heavy (non-hydrogen) atoms. The number of hydrogen-bond acceptors (Lipinski definition) is 3.